The second-order valence-corrected chi connectivity index (χ2v) is 4.85. The molecule has 1 aromatic heterocycles. The lowest BCUT2D eigenvalue weighted by molar-refractivity contribution is 0.0910. The van der Waals surface area contributed by atoms with E-state index in [2.05, 4.69) is 10.3 Å². The fourth-order valence-electron chi connectivity index (χ4n) is 1.91. The van der Waals surface area contributed by atoms with Crippen LogP contribution in [0.5, 0.6) is 0 Å². The van der Waals surface area contributed by atoms with Gasteiger partial charge in [0.2, 0.25) is 0 Å². The number of nitriles is 1. The fraction of sp³-hybridized carbons (Fsp3) is 0.188. The largest absolute Gasteiger partial charge is 0.391 e. The quantitative estimate of drug-likeness (QED) is 0.876. The van der Waals surface area contributed by atoms with Crippen molar-refractivity contribution in [3.8, 4) is 6.07 Å². The van der Waals surface area contributed by atoms with E-state index in [1.54, 1.807) is 0 Å². The van der Waals surface area contributed by atoms with Crippen LogP contribution < -0.4 is 5.32 Å². The van der Waals surface area contributed by atoms with Gasteiger partial charge in [0.15, 0.2) is 0 Å². The molecule has 2 aromatic rings. The Morgan fingerprint density at radius 2 is 2.13 bits per heavy atom. The van der Waals surface area contributed by atoms with E-state index >= 15 is 0 Å². The molecule has 23 heavy (non-hydrogen) atoms. The Hall–Kier alpha value is -2.85. The summed E-state index contributed by atoms with van der Waals surface area (Å²) in [4.78, 5) is 15.6. The first-order valence-corrected chi connectivity index (χ1v) is 6.76. The Morgan fingerprint density at radius 3 is 2.74 bits per heavy atom. The first-order chi connectivity index (χ1) is 11.0. The number of hydrogen-bond donors (Lipinski definition) is 2. The van der Waals surface area contributed by atoms with E-state index in [-0.39, 0.29) is 24.2 Å². The van der Waals surface area contributed by atoms with Gasteiger partial charge in [0.25, 0.3) is 5.91 Å². The summed E-state index contributed by atoms with van der Waals surface area (Å²) >= 11 is 0. The maximum Gasteiger partial charge on any atom is 0.269 e. The number of aliphatic hydroxyl groups is 1. The zero-order chi connectivity index (χ0) is 16.8. The number of hydrogen-bond acceptors (Lipinski definition) is 4. The van der Waals surface area contributed by atoms with E-state index in [1.165, 1.54) is 24.4 Å². The maximum atomic E-state index is 13.5. The molecule has 0 aliphatic heterocycles. The van der Waals surface area contributed by atoms with Gasteiger partial charge < -0.3 is 10.4 Å². The van der Waals surface area contributed by atoms with E-state index in [0.717, 1.165) is 12.1 Å². The maximum absolute atomic E-state index is 13.5. The third-order valence-electron chi connectivity index (χ3n) is 3.09. The van der Waals surface area contributed by atoms with E-state index in [0.29, 0.717) is 5.56 Å². The number of carbonyl (C=O) groups is 1. The lowest BCUT2D eigenvalue weighted by Crippen LogP contribution is -2.33. The van der Waals surface area contributed by atoms with Crippen molar-refractivity contribution in [2.45, 2.75) is 12.5 Å². The molecule has 0 aliphatic rings. The van der Waals surface area contributed by atoms with Gasteiger partial charge in [0.1, 0.15) is 23.4 Å². The van der Waals surface area contributed by atoms with Crippen LogP contribution >= 0.6 is 0 Å². The minimum atomic E-state index is -1.03. The summed E-state index contributed by atoms with van der Waals surface area (Å²) in [6, 6.07) is 7.81. The van der Waals surface area contributed by atoms with Crippen LogP contribution in [0.15, 0.2) is 36.5 Å². The Kier molecular flexibility index (Phi) is 5.33. The first kappa shape index (κ1) is 16.5. The summed E-state index contributed by atoms with van der Waals surface area (Å²) in [7, 11) is 0. The standard InChI is InChI=1S/C16H13F2N3O2/c17-12-3-2-11(14(18)6-12)5-13(22)9-21-16(23)15-4-1-10(7-19)8-20-15/h1-4,6,8,13,22H,5,9H2,(H,21,23). The van der Waals surface area contributed by atoms with E-state index in [4.69, 9.17) is 5.26 Å². The minimum absolute atomic E-state index is 0.0623. The van der Waals surface area contributed by atoms with Gasteiger partial charge in [-0.25, -0.2) is 13.8 Å². The number of nitrogens with zero attached hydrogens (tertiary/aromatic N) is 2. The molecule has 0 saturated carbocycles. The van der Waals surface area contributed by atoms with E-state index in [1.807, 2.05) is 6.07 Å². The van der Waals surface area contributed by atoms with Crippen molar-refractivity contribution in [1.29, 1.82) is 5.26 Å². The van der Waals surface area contributed by atoms with Crippen molar-refractivity contribution < 1.29 is 18.7 Å². The Morgan fingerprint density at radius 1 is 1.35 bits per heavy atom. The Bertz CT molecular complexity index is 742. The van der Waals surface area contributed by atoms with Gasteiger partial charge in [-0.05, 0) is 23.8 Å². The van der Waals surface area contributed by atoms with Gasteiger partial charge >= 0.3 is 0 Å². The summed E-state index contributed by atoms with van der Waals surface area (Å²) in [6.45, 7) is -0.114. The zero-order valence-electron chi connectivity index (χ0n) is 12.0. The van der Waals surface area contributed by atoms with Crippen LogP contribution in [-0.2, 0) is 6.42 Å². The molecular formula is C16H13F2N3O2. The lowest BCUT2D eigenvalue weighted by atomic mass is 10.1. The van der Waals surface area contributed by atoms with E-state index in [9.17, 15) is 18.7 Å². The molecule has 1 aromatic carbocycles. The lowest BCUT2D eigenvalue weighted by Gasteiger charge is -2.12. The van der Waals surface area contributed by atoms with Crippen molar-refractivity contribution in [1.82, 2.24) is 10.3 Å². The van der Waals surface area contributed by atoms with Crippen LogP contribution in [0.4, 0.5) is 8.78 Å². The third kappa shape index (κ3) is 4.56. The van der Waals surface area contributed by atoms with Crippen LogP contribution in [0.3, 0.4) is 0 Å². The Labute approximate surface area is 131 Å². The van der Waals surface area contributed by atoms with Crippen LogP contribution in [0, 0.1) is 23.0 Å². The molecule has 7 heteroatoms. The number of aliphatic hydroxyl groups excluding tert-OH is 1. The van der Waals surface area contributed by atoms with Gasteiger partial charge in [0.05, 0.1) is 11.7 Å². The summed E-state index contributed by atoms with van der Waals surface area (Å²) in [5.74, 6) is -1.96. The van der Waals surface area contributed by atoms with Gasteiger partial charge in [-0.15, -0.1) is 0 Å². The molecule has 2 rings (SSSR count). The van der Waals surface area contributed by atoms with Gasteiger partial charge in [-0.2, -0.15) is 5.26 Å². The monoisotopic (exact) mass is 317 g/mol. The number of carbonyl (C=O) groups excluding carboxylic acids is 1. The highest BCUT2D eigenvalue weighted by Crippen LogP contribution is 2.11. The summed E-state index contributed by atoms with van der Waals surface area (Å²) in [5, 5.41) is 20.9. The predicted molar refractivity (Wildman–Crippen MR) is 77.4 cm³/mol. The third-order valence-corrected chi connectivity index (χ3v) is 3.09. The van der Waals surface area contributed by atoms with Crippen molar-refractivity contribution in [2.75, 3.05) is 6.54 Å². The second-order valence-electron chi connectivity index (χ2n) is 4.85. The number of pyridine rings is 1. The SMILES string of the molecule is N#Cc1ccc(C(=O)NCC(O)Cc2ccc(F)cc2F)nc1. The summed E-state index contributed by atoms with van der Waals surface area (Å²) in [6.07, 6.45) is 0.171. The van der Waals surface area contributed by atoms with Crippen molar-refractivity contribution >= 4 is 5.91 Å². The molecule has 0 aliphatic carbocycles. The number of aromatic nitrogens is 1. The van der Waals surface area contributed by atoms with Crippen molar-refractivity contribution in [3.05, 3.63) is 65.0 Å². The van der Waals surface area contributed by atoms with Crippen LogP contribution in [0.25, 0.3) is 0 Å². The number of nitrogens with one attached hydrogen (secondary N) is 1. The average molecular weight is 317 g/mol. The molecule has 0 fully saturated rings. The molecule has 1 atom stereocenters. The molecule has 2 N–H and O–H groups in total. The molecule has 0 bridgehead atoms. The van der Waals surface area contributed by atoms with Gasteiger partial charge in [-0.1, -0.05) is 6.07 Å². The molecular weight excluding hydrogens is 304 g/mol. The number of benzene rings is 1. The normalized spacial score (nSPS) is 11.6. The Balaban J connectivity index is 1.89. The second kappa shape index (κ2) is 7.42. The number of rotatable bonds is 5. The highest BCUT2D eigenvalue weighted by atomic mass is 19.1. The topological polar surface area (TPSA) is 86.0 Å². The highest BCUT2D eigenvalue weighted by molar-refractivity contribution is 5.92. The van der Waals surface area contributed by atoms with Gasteiger partial charge in [0, 0.05) is 25.2 Å². The van der Waals surface area contributed by atoms with Gasteiger partial charge in [-0.3, -0.25) is 4.79 Å². The summed E-state index contributed by atoms with van der Waals surface area (Å²) < 4.78 is 26.3. The van der Waals surface area contributed by atoms with Crippen LogP contribution in [-0.4, -0.2) is 28.6 Å². The molecule has 0 radical (unpaired) electrons. The number of amides is 1. The molecule has 0 spiro atoms. The molecule has 1 heterocycles. The predicted octanol–water partition coefficient (Wildman–Crippen LogP) is 1.56. The highest BCUT2D eigenvalue weighted by Gasteiger charge is 2.13. The van der Waals surface area contributed by atoms with Crippen LogP contribution in [0.2, 0.25) is 0 Å². The molecule has 1 amide bonds. The van der Waals surface area contributed by atoms with Crippen LogP contribution in [0.1, 0.15) is 21.6 Å². The number of halogens is 2. The summed E-state index contributed by atoms with van der Waals surface area (Å²) in [5.41, 5.74) is 0.585. The first-order valence-electron chi connectivity index (χ1n) is 6.76. The molecule has 1 unspecified atom stereocenters. The molecule has 5 nitrogen and oxygen atoms in total. The fourth-order valence-corrected chi connectivity index (χ4v) is 1.91. The van der Waals surface area contributed by atoms with Crippen molar-refractivity contribution in [3.63, 3.8) is 0 Å². The minimum Gasteiger partial charge on any atom is -0.391 e. The van der Waals surface area contributed by atoms with Crippen molar-refractivity contribution in [2.24, 2.45) is 0 Å². The molecule has 0 saturated heterocycles. The smallest absolute Gasteiger partial charge is 0.269 e. The average Bonchev–Trinajstić information content (AvgIpc) is 2.55. The molecule has 118 valence electrons. The zero-order valence-corrected chi connectivity index (χ0v) is 12.0. The van der Waals surface area contributed by atoms with E-state index < -0.39 is 23.6 Å².